The van der Waals surface area contributed by atoms with Crippen molar-refractivity contribution in [3.05, 3.63) is 42.0 Å². The van der Waals surface area contributed by atoms with Crippen LogP contribution in [0.5, 0.6) is 0 Å². The average Bonchev–Trinajstić information content (AvgIpc) is 2.29. The van der Waals surface area contributed by atoms with Crippen molar-refractivity contribution >= 4 is 11.8 Å². The average molecular weight is 221 g/mol. The summed E-state index contributed by atoms with van der Waals surface area (Å²) in [6.07, 6.45) is 4.26. The minimum atomic E-state index is 0.430. The van der Waals surface area contributed by atoms with Crippen LogP contribution >= 0.6 is 11.8 Å². The van der Waals surface area contributed by atoms with Crippen LogP contribution in [0.15, 0.2) is 41.3 Å². The third-order valence-corrected chi connectivity index (χ3v) is 3.36. The van der Waals surface area contributed by atoms with E-state index in [0.717, 1.165) is 5.75 Å². The molecule has 15 heavy (non-hydrogen) atoms. The van der Waals surface area contributed by atoms with Gasteiger partial charge in [0.25, 0.3) is 0 Å². The first-order chi connectivity index (χ1) is 7.27. The Bertz CT molecular complexity index is 303. The fraction of sp³-hybridized carbons (Fsp3) is 0.385. The van der Waals surface area contributed by atoms with Gasteiger partial charge in [-0.15, -0.1) is 11.8 Å². The zero-order valence-corrected chi connectivity index (χ0v) is 10.5. The van der Waals surface area contributed by atoms with Crippen LogP contribution in [0.1, 0.15) is 25.5 Å². The maximum Gasteiger partial charge on any atom is 0.0289 e. The minimum absolute atomic E-state index is 0.430. The van der Waals surface area contributed by atoms with Gasteiger partial charge in [0, 0.05) is 16.7 Å². The van der Waals surface area contributed by atoms with Crippen LogP contribution in [0.3, 0.4) is 0 Å². The van der Waals surface area contributed by atoms with Crippen molar-refractivity contribution in [1.29, 1.82) is 0 Å². The highest BCUT2D eigenvalue weighted by atomic mass is 32.2. The van der Waals surface area contributed by atoms with Gasteiger partial charge < -0.3 is 5.32 Å². The van der Waals surface area contributed by atoms with Crippen LogP contribution in [-0.2, 0) is 0 Å². The highest BCUT2D eigenvalue weighted by Gasteiger charge is 2.01. The van der Waals surface area contributed by atoms with E-state index in [1.54, 1.807) is 0 Å². The number of nitrogens with one attached hydrogen (secondary N) is 1. The molecular formula is C13H19NS. The van der Waals surface area contributed by atoms with Crippen LogP contribution in [0.2, 0.25) is 0 Å². The molecule has 1 aromatic rings. The van der Waals surface area contributed by atoms with Gasteiger partial charge in [-0.3, -0.25) is 0 Å². The van der Waals surface area contributed by atoms with Gasteiger partial charge in [0.05, 0.1) is 0 Å². The van der Waals surface area contributed by atoms with Crippen LogP contribution in [-0.4, -0.2) is 12.8 Å². The highest BCUT2D eigenvalue weighted by Crippen LogP contribution is 2.20. The number of hydrogen-bond donors (Lipinski definition) is 1. The second-order valence-corrected chi connectivity index (χ2v) is 4.55. The summed E-state index contributed by atoms with van der Waals surface area (Å²) < 4.78 is 0. The molecule has 0 radical (unpaired) electrons. The van der Waals surface area contributed by atoms with E-state index in [1.165, 1.54) is 10.5 Å². The third kappa shape index (κ3) is 4.10. The SMILES string of the molecule is CC=CCSc1ccc(C(C)NC)cc1. The monoisotopic (exact) mass is 221 g/mol. The smallest absolute Gasteiger partial charge is 0.0289 e. The highest BCUT2D eigenvalue weighted by molar-refractivity contribution is 7.99. The molecule has 82 valence electrons. The molecule has 0 aliphatic heterocycles. The lowest BCUT2D eigenvalue weighted by Gasteiger charge is -2.10. The van der Waals surface area contributed by atoms with Gasteiger partial charge in [-0.2, -0.15) is 0 Å². The first-order valence-electron chi connectivity index (χ1n) is 5.29. The second-order valence-electron chi connectivity index (χ2n) is 3.46. The van der Waals surface area contributed by atoms with Crippen molar-refractivity contribution in [1.82, 2.24) is 5.32 Å². The van der Waals surface area contributed by atoms with E-state index in [4.69, 9.17) is 0 Å². The van der Waals surface area contributed by atoms with Crippen molar-refractivity contribution in [3.63, 3.8) is 0 Å². The summed E-state index contributed by atoms with van der Waals surface area (Å²) in [6.45, 7) is 4.22. The predicted molar refractivity (Wildman–Crippen MR) is 69.5 cm³/mol. The summed E-state index contributed by atoms with van der Waals surface area (Å²) in [6, 6.07) is 9.20. The number of rotatable bonds is 5. The first kappa shape index (κ1) is 12.3. The van der Waals surface area contributed by atoms with E-state index in [9.17, 15) is 0 Å². The van der Waals surface area contributed by atoms with Crippen LogP contribution in [0.4, 0.5) is 0 Å². The third-order valence-electron chi connectivity index (χ3n) is 2.40. The summed E-state index contributed by atoms with van der Waals surface area (Å²) >= 11 is 1.87. The molecule has 0 spiro atoms. The molecule has 1 unspecified atom stereocenters. The fourth-order valence-corrected chi connectivity index (χ4v) is 2.07. The zero-order valence-electron chi connectivity index (χ0n) is 9.66. The van der Waals surface area contributed by atoms with Crippen LogP contribution < -0.4 is 5.32 Å². The molecule has 0 aromatic heterocycles. The Balaban J connectivity index is 2.56. The van der Waals surface area contributed by atoms with Crippen molar-refractivity contribution in [2.24, 2.45) is 0 Å². The van der Waals surface area contributed by atoms with Gasteiger partial charge in [0.2, 0.25) is 0 Å². The molecule has 2 heteroatoms. The Morgan fingerprint density at radius 3 is 2.53 bits per heavy atom. The molecule has 1 atom stereocenters. The molecule has 0 saturated carbocycles. The number of hydrogen-bond acceptors (Lipinski definition) is 2. The van der Waals surface area contributed by atoms with Crippen molar-refractivity contribution < 1.29 is 0 Å². The molecule has 0 aliphatic rings. The molecule has 1 aromatic carbocycles. The normalized spacial score (nSPS) is 13.3. The van der Waals surface area contributed by atoms with Gasteiger partial charge >= 0.3 is 0 Å². The molecule has 1 rings (SSSR count). The molecule has 0 amide bonds. The van der Waals surface area contributed by atoms with E-state index in [1.807, 2.05) is 18.8 Å². The zero-order chi connectivity index (χ0) is 11.1. The summed E-state index contributed by atoms with van der Waals surface area (Å²) in [5.41, 5.74) is 1.34. The Kier molecular flexibility index (Phi) is 5.51. The molecule has 0 heterocycles. The summed E-state index contributed by atoms with van der Waals surface area (Å²) in [7, 11) is 1.99. The van der Waals surface area contributed by atoms with Crippen molar-refractivity contribution in [2.45, 2.75) is 24.8 Å². The van der Waals surface area contributed by atoms with Gasteiger partial charge in [-0.05, 0) is 38.6 Å². The maximum absolute atomic E-state index is 3.23. The summed E-state index contributed by atoms with van der Waals surface area (Å²) in [5.74, 6) is 1.05. The Morgan fingerprint density at radius 2 is 2.00 bits per heavy atom. The first-order valence-corrected chi connectivity index (χ1v) is 6.27. The summed E-state index contributed by atoms with van der Waals surface area (Å²) in [4.78, 5) is 1.33. The van der Waals surface area contributed by atoms with Crippen LogP contribution in [0, 0.1) is 0 Å². The standard InChI is InChI=1S/C13H19NS/c1-4-5-10-15-13-8-6-12(7-9-13)11(2)14-3/h4-9,11,14H,10H2,1-3H3. The van der Waals surface area contributed by atoms with E-state index in [2.05, 4.69) is 55.6 Å². The minimum Gasteiger partial charge on any atom is -0.313 e. The van der Waals surface area contributed by atoms with E-state index in [0.29, 0.717) is 6.04 Å². The van der Waals surface area contributed by atoms with Gasteiger partial charge in [0.15, 0.2) is 0 Å². The number of thioether (sulfide) groups is 1. The molecule has 0 fully saturated rings. The fourth-order valence-electron chi connectivity index (χ4n) is 1.26. The topological polar surface area (TPSA) is 12.0 Å². The molecule has 0 bridgehead atoms. The quantitative estimate of drug-likeness (QED) is 0.602. The van der Waals surface area contributed by atoms with Crippen LogP contribution in [0.25, 0.3) is 0 Å². The van der Waals surface area contributed by atoms with E-state index < -0.39 is 0 Å². The van der Waals surface area contributed by atoms with Crippen molar-refractivity contribution in [2.75, 3.05) is 12.8 Å². The van der Waals surface area contributed by atoms with Gasteiger partial charge in [-0.1, -0.05) is 24.3 Å². The lowest BCUT2D eigenvalue weighted by molar-refractivity contribution is 0.652. The van der Waals surface area contributed by atoms with Gasteiger partial charge in [0.1, 0.15) is 0 Å². The number of benzene rings is 1. The maximum atomic E-state index is 3.23. The lowest BCUT2D eigenvalue weighted by atomic mass is 10.1. The molecule has 0 saturated heterocycles. The van der Waals surface area contributed by atoms with Gasteiger partial charge in [-0.25, -0.2) is 0 Å². The second kappa shape index (κ2) is 6.70. The molecule has 1 nitrogen and oxygen atoms in total. The Labute approximate surface area is 97.0 Å². The van der Waals surface area contributed by atoms with Crippen molar-refractivity contribution in [3.8, 4) is 0 Å². The van der Waals surface area contributed by atoms with E-state index in [-0.39, 0.29) is 0 Å². The summed E-state index contributed by atoms with van der Waals surface area (Å²) in [5, 5.41) is 3.23. The molecular weight excluding hydrogens is 202 g/mol. The Morgan fingerprint density at radius 1 is 1.33 bits per heavy atom. The predicted octanol–water partition coefficient (Wildman–Crippen LogP) is 3.64. The largest absolute Gasteiger partial charge is 0.313 e. The number of allylic oxidation sites excluding steroid dienone is 1. The Hall–Kier alpha value is -0.730. The van der Waals surface area contributed by atoms with E-state index >= 15 is 0 Å². The lowest BCUT2D eigenvalue weighted by Crippen LogP contribution is -2.11. The molecule has 1 N–H and O–H groups in total. The molecule has 0 aliphatic carbocycles.